The molecular formula is C32H52BN5O8S. The van der Waals surface area contributed by atoms with Crippen LogP contribution in [0.3, 0.4) is 0 Å². The summed E-state index contributed by atoms with van der Waals surface area (Å²) in [7, 11) is -4.53. The van der Waals surface area contributed by atoms with E-state index in [1.54, 1.807) is 17.6 Å². The standard InChI is InChI=1S/C32H52BN5O8S/c1-7-8-16-44-24-11-13-25(14-12-24)47(42,43)20-22(10-9-15-35-30(34)37-38(40)41)29(39)36-28(17-21(2)3)33-45-27-19-23-18-26(31(23,4)5)32(27,6)46-33/h11-14,21-23,26-28H,7-10,15-20H2,1-6H3,(H,36,39)(H3,34,35,37)/t22-,23+,26+,27-,28+,32+/m1/s1. The average Bonchev–Trinajstić information content (AvgIpc) is 3.35. The maximum absolute atomic E-state index is 14.0. The number of amides is 1. The maximum Gasteiger partial charge on any atom is 0.481 e. The van der Waals surface area contributed by atoms with Crippen molar-refractivity contribution >= 4 is 28.8 Å². The van der Waals surface area contributed by atoms with E-state index in [2.05, 4.69) is 51.9 Å². The van der Waals surface area contributed by atoms with E-state index in [0.29, 0.717) is 30.6 Å². The smallest absolute Gasteiger partial charge is 0.481 e. The van der Waals surface area contributed by atoms with Crippen LogP contribution in [0.1, 0.15) is 86.5 Å². The molecule has 2 bridgehead atoms. The SMILES string of the molecule is CCCCOc1ccc(S(=O)(=O)C[C@@H](CCCN=C(N)N[N+](=O)[O-])C(=O)N[C@@H](CC(C)C)B2O[C@@H]3C[C@@H]4C[C@@H](C4(C)C)[C@]3(C)O2)cc1. The lowest BCUT2D eigenvalue weighted by molar-refractivity contribution is -0.525. The van der Waals surface area contributed by atoms with E-state index in [-0.39, 0.29) is 47.7 Å². The van der Waals surface area contributed by atoms with E-state index in [9.17, 15) is 23.3 Å². The number of sulfone groups is 1. The molecule has 4 N–H and O–H groups in total. The van der Waals surface area contributed by atoms with E-state index >= 15 is 0 Å². The molecule has 1 saturated heterocycles. The van der Waals surface area contributed by atoms with Crippen LogP contribution in [0.25, 0.3) is 0 Å². The third-order valence-electron chi connectivity index (χ3n) is 10.3. The summed E-state index contributed by atoms with van der Waals surface area (Å²) in [5, 5.41) is 12.9. The van der Waals surface area contributed by atoms with Gasteiger partial charge in [-0.1, -0.05) is 46.5 Å². The van der Waals surface area contributed by atoms with Crippen LogP contribution in [-0.4, -0.2) is 69.0 Å². The van der Waals surface area contributed by atoms with Gasteiger partial charge in [-0.05, 0) is 92.9 Å². The Morgan fingerprint density at radius 3 is 2.53 bits per heavy atom. The number of ether oxygens (including phenoxy) is 1. The first kappa shape index (κ1) is 36.9. The number of nitro groups is 1. The highest BCUT2D eigenvalue weighted by molar-refractivity contribution is 7.91. The lowest BCUT2D eigenvalue weighted by atomic mass is 9.43. The van der Waals surface area contributed by atoms with Crippen LogP contribution < -0.4 is 21.2 Å². The highest BCUT2D eigenvalue weighted by Crippen LogP contribution is 2.65. The molecule has 13 nitrogen and oxygen atoms in total. The Morgan fingerprint density at radius 1 is 1.21 bits per heavy atom. The number of guanidine groups is 1. The van der Waals surface area contributed by atoms with Gasteiger partial charge in [-0.2, -0.15) is 0 Å². The third kappa shape index (κ3) is 8.77. The quantitative estimate of drug-likeness (QED) is 0.0545. The summed E-state index contributed by atoms with van der Waals surface area (Å²) in [6.45, 7) is 13.5. The van der Waals surface area contributed by atoms with Gasteiger partial charge < -0.3 is 25.1 Å². The number of carbonyl (C=O) groups excluding carboxylic acids is 1. The highest BCUT2D eigenvalue weighted by Gasteiger charge is 2.68. The van der Waals surface area contributed by atoms with Gasteiger partial charge in [0.2, 0.25) is 5.91 Å². The van der Waals surface area contributed by atoms with Crippen LogP contribution in [0.5, 0.6) is 5.75 Å². The lowest BCUT2D eigenvalue weighted by Gasteiger charge is -2.64. The fourth-order valence-corrected chi connectivity index (χ4v) is 9.10. The molecule has 5 rings (SSSR count). The van der Waals surface area contributed by atoms with Crippen LogP contribution in [0.4, 0.5) is 0 Å². The molecule has 0 spiro atoms. The summed E-state index contributed by atoms with van der Waals surface area (Å²) in [6.07, 6.45) is 4.86. The molecule has 1 aromatic rings. The van der Waals surface area contributed by atoms with Crippen LogP contribution in [0.15, 0.2) is 34.2 Å². The van der Waals surface area contributed by atoms with Crippen LogP contribution >= 0.6 is 0 Å². The second-order valence-corrected chi connectivity index (χ2v) is 16.5. The van der Waals surface area contributed by atoms with Gasteiger partial charge in [0.25, 0.3) is 5.96 Å². The van der Waals surface area contributed by atoms with Gasteiger partial charge >= 0.3 is 7.12 Å². The van der Waals surface area contributed by atoms with Crippen molar-refractivity contribution in [3.8, 4) is 5.75 Å². The predicted molar refractivity (Wildman–Crippen MR) is 180 cm³/mol. The van der Waals surface area contributed by atoms with Crippen LogP contribution in [-0.2, 0) is 23.9 Å². The van der Waals surface area contributed by atoms with Gasteiger partial charge in [0.05, 0.1) is 40.8 Å². The maximum atomic E-state index is 14.0. The van der Waals surface area contributed by atoms with Gasteiger partial charge in [0.15, 0.2) is 14.9 Å². The zero-order valence-corrected chi connectivity index (χ0v) is 29.4. The zero-order chi connectivity index (χ0) is 34.6. The topological polar surface area (TPSA) is 184 Å². The predicted octanol–water partition coefficient (Wildman–Crippen LogP) is 3.93. The van der Waals surface area contributed by atoms with Crippen molar-refractivity contribution in [1.82, 2.24) is 10.7 Å². The third-order valence-corrected chi connectivity index (χ3v) is 12.1. The number of hydrazine groups is 1. The summed E-state index contributed by atoms with van der Waals surface area (Å²) in [6, 6.07) is 6.24. The van der Waals surface area contributed by atoms with Crippen molar-refractivity contribution in [2.24, 2.45) is 39.8 Å². The second-order valence-electron chi connectivity index (χ2n) is 14.5. The molecule has 1 heterocycles. The Kier molecular flexibility index (Phi) is 11.9. The first-order valence-electron chi connectivity index (χ1n) is 16.9. The summed E-state index contributed by atoms with van der Waals surface area (Å²) < 4.78 is 46.1. The molecule has 6 atom stereocenters. The average molecular weight is 678 g/mol. The molecule has 3 aliphatic carbocycles. The van der Waals surface area contributed by atoms with Gasteiger partial charge in [0, 0.05) is 6.54 Å². The molecule has 3 saturated carbocycles. The number of aliphatic imine (C=N–C) groups is 1. The van der Waals surface area contributed by atoms with E-state index in [0.717, 1.165) is 25.7 Å². The van der Waals surface area contributed by atoms with E-state index in [4.69, 9.17) is 19.8 Å². The molecule has 0 aromatic heterocycles. The Labute approximate surface area is 279 Å². The molecule has 0 unspecified atom stereocenters. The number of hydrogen-bond donors (Lipinski definition) is 3. The van der Waals surface area contributed by atoms with Crippen molar-refractivity contribution in [1.29, 1.82) is 0 Å². The molecule has 4 fully saturated rings. The summed E-state index contributed by atoms with van der Waals surface area (Å²) in [5.41, 5.74) is 7.03. The van der Waals surface area contributed by atoms with E-state index < -0.39 is 51.1 Å². The fourth-order valence-electron chi connectivity index (χ4n) is 7.51. The van der Waals surface area contributed by atoms with Crippen LogP contribution in [0.2, 0.25) is 0 Å². The Bertz CT molecular complexity index is 1390. The summed E-state index contributed by atoms with van der Waals surface area (Å²) >= 11 is 0. The normalized spacial score (nSPS) is 26.2. The van der Waals surface area contributed by atoms with Crippen molar-refractivity contribution in [3.05, 3.63) is 34.4 Å². The number of hydrogen-bond acceptors (Lipinski definition) is 9. The van der Waals surface area contributed by atoms with E-state index in [1.807, 2.05) is 0 Å². The molecule has 47 heavy (non-hydrogen) atoms. The Hall–Kier alpha value is -2.91. The molecule has 4 aliphatic rings. The summed E-state index contributed by atoms with van der Waals surface area (Å²) in [4.78, 5) is 28.6. The molecule has 1 amide bonds. The number of nitrogens with zero attached hydrogens (tertiary/aromatic N) is 2. The highest BCUT2D eigenvalue weighted by atomic mass is 32.2. The molecule has 262 valence electrons. The van der Waals surface area contributed by atoms with Crippen molar-refractivity contribution in [3.63, 3.8) is 0 Å². The Balaban J connectivity index is 1.50. The molecule has 1 aliphatic heterocycles. The van der Waals surface area contributed by atoms with Crippen molar-refractivity contribution in [2.75, 3.05) is 18.9 Å². The van der Waals surface area contributed by atoms with Crippen molar-refractivity contribution < 1.29 is 32.3 Å². The fraction of sp³-hybridized carbons (Fsp3) is 0.750. The molecule has 0 radical (unpaired) electrons. The molecular weight excluding hydrogens is 625 g/mol. The number of unbranched alkanes of at least 4 members (excludes halogenated alkanes) is 1. The minimum Gasteiger partial charge on any atom is -0.494 e. The first-order chi connectivity index (χ1) is 22.1. The summed E-state index contributed by atoms with van der Waals surface area (Å²) in [5.74, 6) is -0.903. The first-order valence-corrected chi connectivity index (χ1v) is 18.5. The van der Waals surface area contributed by atoms with Gasteiger partial charge in [0.1, 0.15) is 5.75 Å². The lowest BCUT2D eigenvalue weighted by Crippen LogP contribution is -2.65. The largest absolute Gasteiger partial charge is 0.494 e. The van der Waals surface area contributed by atoms with Gasteiger partial charge in [-0.15, -0.1) is 0 Å². The zero-order valence-electron chi connectivity index (χ0n) is 28.6. The Morgan fingerprint density at radius 2 is 1.91 bits per heavy atom. The monoisotopic (exact) mass is 677 g/mol. The minimum atomic E-state index is -3.88. The van der Waals surface area contributed by atoms with Gasteiger partial charge in [-0.25, -0.2) is 23.5 Å². The van der Waals surface area contributed by atoms with Crippen molar-refractivity contribution in [2.45, 2.75) is 109 Å². The number of nitrogens with one attached hydrogen (secondary N) is 2. The van der Waals surface area contributed by atoms with Crippen LogP contribution in [0, 0.1) is 39.2 Å². The molecule has 1 aromatic carbocycles. The number of benzene rings is 1. The number of nitrogens with two attached hydrogens (primary N) is 1. The number of carbonyl (C=O) groups is 1. The molecule has 15 heteroatoms. The second kappa shape index (κ2) is 15.1. The van der Waals surface area contributed by atoms with Gasteiger partial charge in [-0.3, -0.25) is 4.79 Å². The minimum absolute atomic E-state index is 0.0583. The number of rotatable bonds is 17. The van der Waals surface area contributed by atoms with E-state index in [1.165, 1.54) is 12.1 Å².